The van der Waals surface area contributed by atoms with Gasteiger partial charge in [-0.1, -0.05) is 73.3 Å². The first-order valence-electron chi connectivity index (χ1n) is 12.2. The Morgan fingerprint density at radius 1 is 1.05 bits per heavy atom. The molecule has 10 heteroatoms. The summed E-state index contributed by atoms with van der Waals surface area (Å²) in [6.45, 7) is 0.727. The molecule has 5 rings (SSSR count). The van der Waals surface area contributed by atoms with Crippen LogP contribution in [0.25, 0.3) is 16.9 Å². The van der Waals surface area contributed by atoms with Crippen LogP contribution in [0.5, 0.6) is 0 Å². The number of nitrogens with zero attached hydrogens (tertiary/aromatic N) is 2. The van der Waals surface area contributed by atoms with E-state index in [0.717, 1.165) is 34.5 Å². The van der Waals surface area contributed by atoms with Crippen molar-refractivity contribution < 1.29 is 23.1 Å². The third-order valence-electron chi connectivity index (χ3n) is 6.09. The standard InChI is InChI=1S/C26H26ClN3S.C2HF3O2/c27-21-14-15-24-29-25(26(30(24)18-21)28-17-19-8-3-1-4-9-19)20-10-7-13-23(16-20)31-22-11-5-2-6-12-22;3-2(4,5)1(6)7/h1,3-4,7-10,13-16,18,22,28H,2,5-6,11-12,17H2;(H,6,7). The summed E-state index contributed by atoms with van der Waals surface area (Å²) in [6, 6.07) is 23.1. The van der Waals surface area contributed by atoms with E-state index in [0.29, 0.717) is 5.02 Å². The van der Waals surface area contributed by atoms with E-state index in [9.17, 15) is 13.2 Å². The summed E-state index contributed by atoms with van der Waals surface area (Å²) in [6.07, 6.45) is 3.60. The maximum absolute atomic E-state index is 10.6. The summed E-state index contributed by atoms with van der Waals surface area (Å²) in [5, 5.41) is 12.2. The maximum atomic E-state index is 10.6. The molecule has 2 heterocycles. The number of hydrogen-bond acceptors (Lipinski definition) is 4. The van der Waals surface area contributed by atoms with Crippen molar-refractivity contribution in [2.45, 2.75) is 55.0 Å². The number of fused-ring (bicyclic) bond motifs is 1. The smallest absolute Gasteiger partial charge is 0.475 e. The number of imidazole rings is 1. The van der Waals surface area contributed by atoms with Crippen molar-refractivity contribution in [3.05, 3.63) is 83.5 Å². The number of thioether (sulfide) groups is 1. The fourth-order valence-corrected chi connectivity index (χ4v) is 5.73. The first-order chi connectivity index (χ1) is 18.2. The Bertz CT molecular complexity index is 1370. The lowest BCUT2D eigenvalue weighted by Crippen LogP contribution is -2.21. The van der Waals surface area contributed by atoms with E-state index >= 15 is 0 Å². The van der Waals surface area contributed by atoms with Gasteiger partial charge in [-0.15, -0.1) is 11.8 Å². The van der Waals surface area contributed by atoms with Gasteiger partial charge in [0.25, 0.3) is 0 Å². The van der Waals surface area contributed by atoms with Gasteiger partial charge in [0.1, 0.15) is 17.2 Å². The largest absolute Gasteiger partial charge is 0.490 e. The molecule has 2 aromatic heterocycles. The zero-order valence-electron chi connectivity index (χ0n) is 20.4. The predicted molar refractivity (Wildman–Crippen MR) is 146 cm³/mol. The molecule has 1 saturated carbocycles. The zero-order chi connectivity index (χ0) is 27.1. The fraction of sp³-hybridized carbons (Fsp3) is 0.286. The quantitative estimate of drug-likeness (QED) is 0.248. The van der Waals surface area contributed by atoms with Crippen LogP contribution >= 0.6 is 23.4 Å². The highest BCUT2D eigenvalue weighted by Gasteiger charge is 2.38. The van der Waals surface area contributed by atoms with Crippen LogP contribution in [0, 0.1) is 0 Å². The highest BCUT2D eigenvalue weighted by molar-refractivity contribution is 8.00. The van der Waals surface area contributed by atoms with Crippen LogP contribution in [-0.2, 0) is 11.3 Å². The number of nitrogens with one attached hydrogen (secondary N) is 1. The summed E-state index contributed by atoms with van der Waals surface area (Å²) in [5.74, 6) is -1.78. The van der Waals surface area contributed by atoms with Gasteiger partial charge in [-0.3, -0.25) is 4.40 Å². The third-order valence-corrected chi connectivity index (χ3v) is 7.64. The van der Waals surface area contributed by atoms with E-state index < -0.39 is 12.1 Å². The Labute approximate surface area is 228 Å². The average molecular weight is 562 g/mol. The van der Waals surface area contributed by atoms with E-state index in [2.05, 4.69) is 58.2 Å². The topological polar surface area (TPSA) is 66.6 Å². The monoisotopic (exact) mass is 561 g/mol. The molecule has 2 aromatic carbocycles. The van der Waals surface area contributed by atoms with Crippen LogP contribution in [0.15, 0.2) is 77.8 Å². The molecule has 0 amide bonds. The second-order valence-corrected chi connectivity index (χ2v) is 10.7. The highest BCUT2D eigenvalue weighted by atomic mass is 35.5. The molecule has 0 saturated heterocycles. The van der Waals surface area contributed by atoms with Gasteiger partial charge >= 0.3 is 12.1 Å². The molecule has 0 bridgehead atoms. The molecule has 1 aliphatic rings. The molecular formula is C28H27ClF3N3O2S. The maximum Gasteiger partial charge on any atom is 0.490 e. The van der Waals surface area contributed by atoms with Crippen molar-refractivity contribution in [2.24, 2.45) is 0 Å². The predicted octanol–water partition coefficient (Wildman–Crippen LogP) is 8.32. The zero-order valence-corrected chi connectivity index (χ0v) is 22.0. The minimum Gasteiger partial charge on any atom is -0.475 e. The van der Waals surface area contributed by atoms with Crippen LogP contribution < -0.4 is 5.32 Å². The Morgan fingerprint density at radius 3 is 2.45 bits per heavy atom. The normalized spacial score (nSPS) is 14.1. The minimum atomic E-state index is -5.08. The Hall–Kier alpha value is -3.17. The first-order valence-corrected chi connectivity index (χ1v) is 13.5. The molecule has 4 aromatic rings. The number of pyridine rings is 1. The number of anilines is 1. The van der Waals surface area contributed by atoms with Gasteiger partial charge in [0.05, 0.1) is 5.02 Å². The van der Waals surface area contributed by atoms with E-state index in [1.165, 1.54) is 42.6 Å². The lowest BCUT2D eigenvalue weighted by atomic mass is 10.0. The van der Waals surface area contributed by atoms with Gasteiger partial charge in [0.2, 0.25) is 0 Å². The van der Waals surface area contributed by atoms with Gasteiger partial charge in [0, 0.05) is 28.5 Å². The molecular weight excluding hydrogens is 535 g/mol. The molecule has 1 aliphatic carbocycles. The summed E-state index contributed by atoms with van der Waals surface area (Å²) in [4.78, 5) is 15.2. The van der Waals surface area contributed by atoms with E-state index in [1.807, 2.05) is 36.2 Å². The van der Waals surface area contributed by atoms with Gasteiger partial charge < -0.3 is 10.4 Å². The lowest BCUT2D eigenvalue weighted by Gasteiger charge is -2.21. The number of alkyl halides is 3. The molecule has 38 heavy (non-hydrogen) atoms. The number of benzene rings is 2. The van der Waals surface area contributed by atoms with Crippen molar-refractivity contribution >= 4 is 40.8 Å². The van der Waals surface area contributed by atoms with Crippen LogP contribution in [0.3, 0.4) is 0 Å². The van der Waals surface area contributed by atoms with Gasteiger partial charge in [-0.2, -0.15) is 13.2 Å². The number of carboxylic acids is 1. The summed E-state index contributed by atoms with van der Waals surface area (Å²) >= 11 is 8.34. The summed E-state index contributed by atoms with van der Waals surface area (Å²) in [7, 11) is 0. The molecule has 0 unspecified atom stereocenters. The van der Waals surface area contributed by atoms with Crippen LogP contribution in [-0.4, -0.2) is 31.9 Å². The molecule has 200 valence electrons. The number of carboxylic acid groups (broad SMARTS) is 1. The van der Waals surface area contributed by atoms with Crippen LogP contribution in [0.4, 0.5) is 19.0 Å². The molecule has 1 fully saturated rings. The molecule has 0 atom stereocenters. The number of aromatic nitrogens is 2. The van der Waals surface area contributed by atoms with Gasteiger partial charge in [-0.05, 0) is 42.7 Å². The first kappa shape index (κ1) is 27.9. The number of hydrogen-bond donors (Lipinski definition) is 2. The second-order valence-electron chi connectivity index (χ2n) is 8.93. The van der Waals surface area contributed by atoms with Crippen molar-refractivity contribution in [3.8, 4) is 11.3 Å². The lowest BCUT2D eigenvalue weighted by molar-refractivity contribution is -0.192. The van der Waals surface area contributed by atoms with E-state index in [4.69, 9.17) is 26.5 Å². The number of aliphatic carboxylic acids is 1. The Balaban J connectivity index is 0.000000426. The Morgan fingerprint density at radius 2 is 1.76 bits per heavy atom. The van der Waals surface area contributed by atoms with Crippen LogP contribution in [0.1, 0.15) is 37.7 Å². The van der Waals surface area contributed by atoms with Gasteiger partial charge in [-0.25, -0.2) is 9.78 Å². The second kappa shape index (κ2) is 12.6. The molecule has 5 nitrogen and oxygen atoms in total. The van der Waals surface area contributed by atoms with Gasteiger partial charge in [0.15, 0.2) is 0 Å². The molecule has 0 radical (unpaired) electrons. The third kappa shape index (κ3) is 7.45. The Kier molecular flexibility index (Phi) is 9.22. The van der Waals surface area contributed by atoms with E-state index in [-0.39, 0.29) is 0 Å². The highest BCUT2D eigenvalue weighted by Crippen LogP contribution is 2.37. The SMILES string of the molecule is Clc1ccc2nc(-c3cccc(SC4CCCCC4)c3)c(NCc3ccccc3)n2c1.O=C(O)C(F)(F)F. The fourth-order valence-electron chi connectivity index (χ4n) is 4.26. The molecule has 0 spiro atoms. The van der Waals surface area contributed by atoms with Crippen molar-refractivity contribution in [2.75, 3.05) is 5.32 Å². The number of halogens is 4. The summed E-state index contributed by atoms with van der Waals surface area (Å²) < 4.78 is 33.8. The number of carbonyl (C=O) groups is 1. The van der Waals surface area contributed by atoms with Crippen molar-refractivity contribution in [3.63, 3.8) is 0 Å². The summed E-state index contributed by atoms with van der Waals surface area (Å²) in [5.41, 5.74) is 4.22. The van der Waals surface area contributed by atoms with Crippen molar-refractivity contribution in [1.82, 2.24) is 9.38 Å². The molecule has 0 aliphatic heterocycles. The average Bonchev–Trinajstić information content (AvgIpc) is 3.26. The van der Waals surface area contributed by atoms with Crippen molar-refractivity contribution in [1.29, 1.82) is 0 Å². The minimum absolute atomic E-state index is 0.695. The van der Waals surface area contributed by atoms with E-state index in [1.54, 1.807) is 0 Å². The number of rotatable bonds is 6. The molecule has 2 N–H and O–H groups in total. The van der Waals surface area contributed by atoms with Crippen LogP contribution in [0.2, 0.25) is 5.02 Å².